The van der Waals surface area contributed by atoms with E-state index in [0.717, 1.165) is 11.0 Å². The summed E-state index contributed by atoms with van der Waals surface area (Å²) in [7, 11) is 1.94. The number of hydrogen-bond acceptors (Lipinski definition) is 1. The first-order chi connectivity index (χ1) is 6.24. The van der Waals surface area contributed by atoms with E-state index >= 15 is 0 Å². The normalized spacial score (nSPS) is 11.0. The van der Waals surface area contributed by atoms with E-state index < -0.39 is 0 Å². The van der Waals surface area contributed by atoms with Crippen LogP contribution < -0.4 is 5.32 Å². The van der Waals surface area contributed by atoms with Crippen molar-refractivity contribution in [2.45, 2.75) is 6.92 Å². The molecule has 0 aliphatic carbocycles. The fourth-order valence-corrected chi connectivity index (χ4v) is 1.70. The van der Waals surface area contributed by atoms with Crippen molar-refractivity contribution in [2.75, 3.05) is 13.6 Å². The molecule has 0 aliphatic heterocycles. The zero-order valence-corrected chi connectivity index (χ0v) is 9.56. The van der Waals surface area contributed by atoms with Gasteiger partial charge < -0.3 is 5.32 Å². The molecule has 0 fully saturated rings. The molecule has 0 amide bonds. The van der Waals surface area contributed by atoms with Gasteiger partial charge in [-0.1, -0.05) is 40.2 Å². The highest BCUT2D eigenvalue weighted by Crippen LogP contribution is 2.19. The molecule has 1 rings (SSSR count). The molecule has 1 aromatic rings. The quantitative estimate of drug-likeness (QED) is 0.856. The van der Waals surface area contributed by atoms with Crippen LogP contribution in [0.5, 0.6) is 0 Å². The Morgan fingerprint density at radius 2 is 2.23 bits per heavy atom. The van der Waals surface area contributed by atoms with Gasteiger partial charge >= 0.3 is 0 Å². The fraction of sp³-hybridized carbons (Fsp3) is 0.273. The van der Waals surface area contributed by atoms with Gasteiger partial charge in [0.1, 0.15) is 0 Å². The van der Waals surface area contributed by atoms with Crippen LogP contribution in [0.2, 0.25) is 0 Å². The van der Waals surface area contributed by atoms with Gasteiger partial charge in [-0.15, -0.1) is 0 Å². The highest BCUT2D eigenvalue weighted by molar-refractivity contribution is 9.10. The summed E-state index contributed by atoms with van der Waals surface area (Å²) >= 11 is 3.53. The highest BCUT2D eigenvalue weighted by atomic mass is 79.9. The molecule has 1 nitrogen and oxygen atoms in total. The molecule has 1 aromatic carbocycles. The van der Waals surface area contributed by atoms with Crippen LogP contribution in [0.4, 0.5) is 0 Å². The Balaban J connectivity index is 2.77. The third-order valence-electron chi connectivity index (χ3n) is 1.78. The fourth-order valence-electron chi connectivity index (χ4n) is 1.07. The van der Waals surface area contributed by atoms with Gasteiger partial charge in [0.25, 0.3) is 0 Å². The average molecular weight is 240 g/mol. The van der Waals surface area contributed by atoms with Crippen LogP contribution in [0.1, 0.15) is 11.1 Å². The molecular formula is C11H14BrN. The standard InChI is InChI=1S/C11H14BrN/c1-9-5-6-10(11(12)8-9)4-3-7-13-2/h3-6,8,13H,7H2,1-2H3. The number of nitrogens with one attached hydrogen (secondary N) is 1. The van der Waals surface area contributed by atoms with E-state index in [1.165, 1.54) is 11.1 Å². The minimum Gasteiger partial charge on any atom is -0.316 e. The van der Waals surface area contributed by atoms with Crippen molar-refractivity contribution >= 4 is 22.0 Å². The number of likely N-dealkylation sites (N-methyl/N-ethyl adjacent to an activating group) is 1. The van der Waals surface area contributed by atoms with Crippen LogP contribution in [-0.2, 0) is 0 Å². The average Bonchev–Trinajstić information content (AvgIpc) is 2.09. The molecule has 0 aromatic heterocycles. The Morgan fingerprint density at radius 3 is 2.85 bits per heavy atom. The second kappa shape index (κ2) is 5.20. The maximum Gasteiger partial charge on any atom is 0.0250 e. The lowest BCUT2D eigenvalue weighted by Gasteiger charge is -1.99. The predicted molar refractivity (Wildman–Crippen MR) is 61.8 cm³/mol. The molecular weight excluding hydrogens is 226 g/mol. The van der Waals surface area contributed by atoms with Crippen LogP contribution in [0.15, 0.2) is 28.7 Å². The van der Waals surface area contributed by atoms with E-state index in [9.17, 15) is 0 Å². The summed E-state index contributed by atoms with van der Waals surface area (Å²) in [5, 5.41) is 3.07. The first-order valence-electron chi connectivity index (χ1n) is 4.31. The van der Waals surface area contributed by atoms with E-state index in [4.69, 9.17) is 0 Å². The molecule has 2 heteroatoms. The van der Waals surface area contributed by atoms with Crippen LogP contribution in [0.25, 0.3) is 6.08 Å². The van der Waals surface area contributed by atoms with Crippen molar-refractivity contribution in [3.63, 3.8) is 0 Å². The summed E-state index contributed by atoms with van der Waals surface area (Å²) in [6.45, 7) is 2.99. The Kier molecular flexibility index (Phi) is 4.19. The minimum atomic E-state index is 0.903. The van der Waals surface area contributed by atoms with Gasteiger partial charge in [-0.3, -0.25) is 0 Å². The van der Waals surface area contributed by atoms with Crippen molar-refractivity contribution in [2.24, 2.45) is 0 Å². The third kappa shape index (κ3) is 3.33. The molecule has 0 bridgehead atoms. The molecule has 0 saturated carbocycles. The van der Waals surface area contributed by atoms with Crippen LogP contribution in [-0.4, -0.2) is 13.6 Å². The molecule has 0 spiro atoms. The van der Waals surface area contributed by atoms with E-state index in [1.54, 1.807) is 0 Å². The SMILES string of the molecule is CNCC=Cc1ccc(C)cc1Br. The van der Waals surface area contributed by atoms with Crippen molar-refractivity contribution in [1.82, 2.24) is 5.32 Å². The van der Waals surface area contributed by atoms with Crippen molar-refractivity contribution in [3.05, 3.63) is 39.9 Å². The molecule has 0 atom stereocenters. The Morgan fingerprint density at radius 1 is 1.46 bits per heavy atom. The van der Waals surface area contributed by atoms with Gasteiger partial charge in [0.05, 0.1) is 0 Å². The van der Waals surface area contributed by atoms with Gasteiger partial charge in [-0.25, -0.2) is 0 Å². The summed E-state index contributed by atoms with van der Waals surface area (Å²) in [5.41, 5.74) is 2.50. The zero-order chi connectivity index (χ0) is 9.68. The van der Waals surface area contributed by atoms with E-state index in [0.29, 0.717) is 0 Å². The number of halogens is 1. The monoisotopic (exact) mass is 239 g/mol. The zero-order valence-electron chi connectivity index (χ0n) is 7.97. The molecule has 0 radical (unpaired) electrons. The largest absolute Gasteiger partial charge is 0.316 e. The van der Waals surface area contributed by atoms with E-state index in [2.05, 4.69) is 58.5 Å². The molecule has 0 saturated heterocycles. The maximum atomic E-state index is 3.53. The van der Waals surface area contributed by atoms with Crippen LogP contribution in [0, 0.1) is 6.92 Å². The molecule has 0 unspecified atom stereocenters. The summed E-state index contributed by atoms with van der Waals surface area (Å²) in [6, 6.07) is 6.36. The third-order valence-corrected chi connectivity index (χ3v) is 2.46. The lowest BCUT2D eigenvalue weighted by Crippen LogP contribution is -2.03. The molecule has 0 heterocycles. The lowest BCUT2D eigenvalue weighted by molar-refractivity contribution is 0.922. The van der Waals surface area contributed by atoms with E-state index in [-0.39, 0.29) is 0 Å². The van der Waals surface area contributed by atoms with Gasteiger partial charge in [-0.05, 0) is 31.2 Å². The Labute approximate surface area is 88.0 Å². The highest BCUT2D eigenvalue weighted by Gasteiger charge is 1.94. The lowest BCUT2D eigenvalue weighted by atomic mass is 10.1. The van der Waals surface area contributed by atoms with Crippen molar-refractivity contribution in [3.8, 4) is 0 Å². The van der Waals surface area contributed by atoms with Gasteiger partial charge in [0, 0.05) is 11.0 Å². The summed E-state index contributed by atoms with van der Waals surface area (Å²) < 4.78 is 1.15. The first-order valence-corrected chi connectivity index (χ1v) is 5.10. The first kappa shape index (κ1) is 10.5. The molecule has 13 heavy (non-hydrogen) atoms. The second-order valence-electron chi connectivity index (χ2n) is 2.99. The van der Waals surface area contributed by atoms with Gasteiger partial charge in [0.15, 0.2) is 0 Å². The van der Waals surface area contributed by atoms with Gasteiger partial charge in [-0.2, -0.15) is 0 Å². The van der Waals surface area contributed by atoms with Crippen molar-refractivity contribution < 1.29 is 0 Å². The summed E-state index contributed by atoms with van der Waals surface area (Å²) in [4.78, 5) is 0. The molecule has 0 aliphatic rings. The number of hydrogen-bond donors (Lipinski definition) is 1. The number of rotatable bonds is 3. The Hall–Kier alpha value is -0.600. The summed E-state index contributed by atoms with van der Waals surface area (Å²) in [5.74, 6) is 0. The smallest absolute Gasteiger partial charge is 0.0250 e. The van der Waals surface area contributed by atoms with E-state index in [1.807, 2.05) is 7.05 Å². The predicted octanol–water partition coefficient (Wildman–Crippen LogP) is 2.99. The van der Waals surface area contributed by atoms with Crippen LogP contribution in [0.3, 0.4) is 0 Å². The second-order valence-corrected chi connectivity index (χ2v) is 3.84. The van der Waals surface area contributed by atoms with Crippen LogP contribution >= 0.6 is 15.9 Å². The summed E-state index contributed by atoms with van der Waals surface area (Å²) in [6.07, 6.45) is 4.22. The molecule has 70 valence electrons. The minimum absolute atomic E-state index is 0.903. The topological polar surface area (TPSA) is 12.0 Å². The molecule has 1 N–H and O–H groups in total. The maximum absolute atomic E-state index is 3.53. The van der Waals surface area contributed by atoms with Gasteiger partial charge in [0.2, 0.25) is 0 Å². The number of aryl methyl sites for hydroxylation is 1. The number of benzene rings is 1. The van der Waals surface area contributed by atoms with Crippen molar-refractivity contribution in [1.29, 1.82) is 0 Å². The Bertz CT molecular complexity index is 305.